The molecule has 0 saturated heterocycles. The molecule has 4 nitrogen and oxygen atoms in total. The normalized spacial score (nSPS) is 10.6. The Morgan fingerprint density at radius 3 is 1.27 bits per heavy atom. The molecule has 0 unspecified atom stereocenters. The summed E-state index contributed by atoms with van der Waals surface area (Å²) in [6.07, 6.45) is 5.23. The molecule has 0 amide bonds. The smallest absolute Gasteiger partial charge is 0.284 e. The Labute approximate surface area is 358 Å². The monoisotopic (exact) mass is 830 g/mol. The molecular weight excluding hydrogens is 800 g/mol. The molecule has 11 aromatic rings. The third-order valence-electron chi connectivity index (χ3n) is 9.36. The van der Waals surface area contributed by atoms with E-state index < -0.39 is 0 Å². The van der Waals surface area contributed by atoms with Crippen LogP contribution in [-0.2, 0) is 0 Å². The first-order valence-corrected chi connectivity index (χ1v) is 19.1. The van der Waals surface area contributed by atoms with Gasteiger partial charge in [-0.05, 0) is 51.9 Å². The second kappa shape index (κ2) is 18.9. The van der Waals surface area contributed by atoms with Gasteiger partial charge in [0, 0.05) is 49.8 Å². The van der Waals surface area contributed by atoms with Gasteiger partial charge in [-0.2, -0.15) is 18.2 Å². The minimum Gasteiger partial charge on any atom is -0.284 e. The number of fused-ring (bicyclic) bond motifs is 12. The number of rotatable bonds is 1. The van der Waals surface area contributed by atoms with Gasteiger partial charge in [-0.3, -0.25) is 19.3 Å². The fourth-order valence-electron chi connectivity index (χ4n) is 6.82. The van der Waals surface area contributed by atoms with E-state index in [4.69, 9.17) is 4.98 Å². The SMILES string of the molecule is Fc1c[c-]ccc1.Fc1cccc(-c2cnc3c4ccccc4c4ccccc4c3n2)c1.Fc1cccc(Br)c1.[Li+].c1ccc2c(c1)c1ccccc1c1nccnc21. The van der Waals surface area contributed by atoms with Gasteiger partial charge in [-0.15, -0.1) is 12.1 Å². The largest absolute Gasteiger partial charge is 1.00 e. The number of aromatic nitrogens is 4. The molecule has 2 aromatic heterocycles. The number of halogens is 4. The Hall–Kier alpha value is -6.43. The third kappa shape index (κ3) is 9.17. The average Bonchev–Trinajstić information content (AvgIpc) is 3.27. The fourth-order valence-corrected chi connectivity index (χ4v) is 7.19. The van der Waals surface area contributed by atoms with E-state index in [0.717, 1.165) is 48.3 Å². The summed E-state index contributed by atoms with van der Waals surface area (Å²) < 4.78 is 38.4. The molecule has 0 aliphatic heterocycles. The van der Waals surface area contributed by atoms with Crippen molar-refractivity contribution < 1.29 is 32.0 Å². The zero-order valence-electron chi connectivity index (χ0n) is 31.7. The first-order chi connectivity index (χ1) is 28.4. The first kappa shape index (κ1) is 40.8. The summed E-state index contributed by atoms with van der Waals surface area (Å²) in [6, 6.07) is 54.4. The van der Waals surface area contributed by atoms with Crippen LogP contribution < -0.4 is 18.9 Å². The Morgan fingerprint density at radius 1 is 0.424 bits per heavy atom. The Bertz CT molecular complexity index is 2930. The minimum atomic E-state index is -0.275. The van der Waals surface area contributed by atoms with Gasteiger partial charge >= 0.3 is 18.9 Å². The zero-order chi connectivity index (χ0) is 39.8. The van der Waals surface area contributed by atoms with Crippen LogP contribution in [0.15, 0.2) is 193 Å². The van der Waals surface area contributed by atoms with Crippen LogP contribution in [0.1, 0.15) is 0 Å². The van der Waals surface area contributed by atoms with Crippen molar-refractivity contribution in [1.82, 2.24) is 19.9 Å². The topological polar surface area (TPSA) is 51.6 Å². The predicted octanol–water partition coefficient (Wildman–Crippen LogP) is 10.9. The van der Waals surface area contributed by atoms with Crippen molar-refractivity contribution >= 4 is 81.1 Å². The van der Waals surface area contributed by atoms with Crippen LogP contribution >= 0.6 is 15.9 Å². The van der Waals surface area contributed by atoms with Crippen molar-refractivity contribution in [3.8, 4) is 11.3 Å². The van der Waals surface area contributed by atoms with E-state index in [-0.39, 0.29) is 36.3 Å². The van der Waals surface area contributed by atoms with E-state index in [1.165, 1.54) is 63.3 Å². The number of hydrogen-bond acceptors (Lipinski definition) is 4. The first-order valence-electron chi connectivity index (χ1n) is 18.3. The van der Waals surface area contributed by atoms with E-state index >= 15 is 0 Å². The molecule has 0 saturated carbocycles. The van der Waals surface area contributed by atoms with Crippen molar-refractivity contribution in [3.63, 3.8) is 0 Å². The van der Waals surface area contributed by atoms with Crippen LogP contribution in [0.3, 0.4) is 0 Å². The van der Waals surface area contributed by atoms with Gasteiger partial charge in [0.15, 0.2) is 0 Å². The molecular formula is C50H31BrF3LiN4. The maximum absolute atomic E-state index is 13.6. The molecule has 0 fully saturated rings. The van der Waals surface area contributed by atoms with Gasteiger partial charge in [-0.25, -0.2) is 13.8 Å². The van der Waals surface area contributed by atoms with Gasteiger partial charge in [-0.1, -0.05) is 131 Å². The molecule has 280 valence electrons. The van der Waals surface area contributed by atoms with Crippen molar-refractivity contribution in [2.75, 3.05) is 0 Å². The molecule has 11 rings (SSSR count). The predicted molar refractivity (Wildman–Crippen MR) is 234 cm³/mol. The Morgan fingerprint density at radius 2 is 0.864 bits per heavy atom. The third-order valence-corrected chi connectivity index (χ3v) is 9.85. The number of benzene rings is 9. The molecule has 59 heavy (non-hydrogen) atoms. The van der Waals surface area contributed by atoms with Crippen LogP contribution in [0.2, 0.25) is 0 Å². The Kier molecular flexibility index (Phi) is 13.0. The van der Waals surface area contributed by atoms with Crippen LogP contribution in [0.25, 0.3) is 76.4 Å². The summed E-state index contributed by atoms with van der Waals surface area (Å²) in [5, 5.41) is 9.26. The molecule has 0 bridgehead atoms. The molecule has 0 atom stereocenters. The van der Waals surface area contributed by atoms with Gasteiger partial charge in [0.25, 0.3) is 0 Å². The van der Waals surface area contributed by atoms with Gasteiger partial charge < -0.3 is 0 Å². The second-order valence-corrected chi connectivity index (χ2v) is 14.0. The molecule has 9 heteroatoms. The van der Waals surface area contributed by atoms with E-state index in [1.54, 1.807) is 48.9 Å². The van der Waals surface area contributed by atoms with Gasteiger partial charge in [0.05, 0.1) is 34.0 Å². The molecule has 0 aliphatic carbocycles. The average molecular weight is 832 g/mol. The van der Waals surface area contributed by atoms with Crippen molar-refractivity contribution in [2.45, 2.75) is 0 Å². The number of hydrogen-bond donors (Lipinski definition) is 0. The molecule has 0 N–H and O–H groups in total. The summed E-state index contributed by atoms with van der Waals surface area (Å²) in [5.74, 6) is -0.718. The summed E-state index contributed by atoms with van der Waals surface area (Å²) in [7, 11) is 0. The number of nitrogens with zero attached hydrogens (tertiary/aromatic N) is 4. The van der Waals surface area contributed by atoms with Crippen LogP contribution in [-0.4, -0.2) is 19.9 Å². The van der Waals surface area contributed by atoms with Gasteiger partial charge in [0.2, 0.25) is 0 Å². The van der Waals surface area contributed by atoms with Crippen LogP contribution in [0, 0.1) is 23.5 Å². The van der Waals surface area contributed by atoms with Crippen molar-refractivity contribution in [1.29, 1.82) is 0 Å². The minimum absolute atomic E-state index is 0. The molecule has 2 heterocycles. The van der Waals surface area contributed by atoms with Crippen molar-refractivity contribution in [2.24, 2.45) is 0 Å². The van der Waals surface area contributed by atoms with E-state index in [1.807, 2.05) is 42.5 Å². The quantitative estimate of drug-likeness (QED) is 0.0939. The van der Waals surface area contributed by atoms with E-state index in [2.05, 4.69) is 97.6 Å². The fraction of sp³-hybridized carbons (Fsp3) is 0. The maximum Gasteiger partial charge on any atom is 1.00 e. The Balaban J connectivity index is 0.000000135. The van der Waals surface area contributed by atoms with E-state index in [0.29, 0.717) is 5.69 Å². The zero-order valence-corrected chi connectivity index (χ0v) is 33.3. The van der Waals surface area contributed by atoms with E-state index in [9.17, 15) is 13.2 Å². The summed E-state index contributed by atoms with van der Waals surface area (Å²) in [4.78, 5) is 18.5. The maximum atomic E-state index is 13.6. The molecule has 0 spiro atoms. The molecule has 0 aliphatic rings. The summed E-state index contributed by atoms with van der Waals surface area (Å²) in [6.45, 7) is 0. The second-order valence-electron chi connectivity index (χ2n) is 13.1. The molecule has 0 radical (unpaired) electrons. The molecule has 9 aromatic carbocycles. The standard InChI is InChI=1S/C22H13FN2.C16H10N2.C6H4BrF.C6H4F.Li/c23-15-7-5-6-14(12-15)20-13-24-21-18-10-3-1-8-16(18)17-9-2-4-11-19(17)22(21)25-20;1-3-7-13-11(5-1)12-6-2-4-8-14(12)16-15(13)17-9-10-18-16;7-5-2-1-3-6(8)4-5;7-6-4-2-1-3-5-6;/h1-13H;1-10H;1-4H;1-2,4-5H;/q;;;-1;+1. The van der Waals surface area contributed by atoms with Gasteiger partial charge in [0.1, 0.15) is 11.6 Å². The summed E-state index contributed by atoms with van der Waals surface area (Å²) >= 11 is 3.12. The van der Waals surface area contributed by atoms with Crippen LogP contribution in [0.5, 0.6) is 0 Å². The summed E-state index contributed by atoms with van der Waals surface area (Å²) in [5.41, 5.74) is 5.07. The van der Waals surface area contributed by atoms with Crippen molar-refractivity contribution in [3.05, 3.63) is 216 Å². The van der Waals surface area contributed by atoms with Crippen LogP contribution in [0.4, 0.5) is 13.2 Å².